The third-order valence-corrected chi connectivity index (χ3v) is 4.10. The van der Waals surface area contributed by atoms with Crippen molar-refractivity contribution < 1.29 is 14.6 Å². The van der Waals surface area contributed by atoms with Crippen LogP contribution in [0.4, 0.5) is 4.79 Å². The molecular formula is C14H17BrClNO3. The standard InChI is InChI=1S/C14H17BrClNO3/c1-14(2,3)12(17-13(18)19)10-5-7-4-8(15)6-9(16)11(7)20-10/h4,6,10,12,17H,5H2,1-3H3,(H,18,19). The molecule has 2 unspecified atom stereocenters. The number of hydrogen-bond donors (Lipinski definition) is 2. The number of amides is 1. The van der Waals surface area contributed by atoms with Gasteiger partial charge in [-0.3, -0.25) is 0 Å². The normalized spacial score (nSPS) is 19.1. The van der Waals surface area contributed by atoms with E-state index >= 15 is 0 Å². The summed E-state index contributed by atoms with van der Waals surface area (Å²) in [6.07, 6.45) is -0.666. The van der Waals surface area contributed by atoms with Crippen LogP contribution < -0.4 is 10.1 Å². The van der Waals surface area contributed by atoms with Crippen molar-refractivity contribution in [2.24, 2.45) is 5.41 Å². The van der Waals surface area contributed by atoms with Crippen molar-refractivity contribution >= 4 is 33.6 Å². The highest BCUT2D eigenvalue weighted by molar-refractivity contribution is 9.10. The first-order chi connectivity index (χ1) is 9.18. The number of carbonyl (C=O) groups is 1. The number of halogens is 2. The van der Waals surface area contributed by atoms with Crippen LogP contribution in [-0.4, -0.2) is 23.3 Å². The Labute approximate surface area is 131 Å². The van der Waals surface area contributed by atoms with Crippen LogP contribution in [0.1, 0.15) is 26.3 Å². The number of carboxylic acid groups (broad SMARTS) is 1. The molecule has 110 valence electrons. The summed E-state index contributed by atoms with van der Waals surface area (Å²) >= 11 is 9.58. The Balaban J connectivity index is 2.27. The van der Waals surface area contributed by atoms with Crippen LogP contribution in [0.25, 0.3) is 0 Å². The Morgan fingerprint density at radius 1 is 1.55 bits per heavy atom. The Kier molecular flexibility index (Phi) is 4.21. The van der Waals surface area contributed by atoms with E-state index < -0.39 is 6.09 Å². The zero-order valence-electron chi connectivity index (χ0n) is 11.5. The summed E-state index contributed by atoms with van der Waals surface area (Å²) < 4.78 is 6.80. The summed E-state index contributed by atoms with van der Waals surface area (Å²) in [6.45, 7) is 5.95. The maximum absolute atomic E-state index is 11.0. The molecule has 1 amide bonds. The Morgan fingerprint density at radius 3 is 2.75 bits per heavy atom. The molecule has 0 radical (unpaired) electrons. The van der Waals surface area contributed by atoms with Gasteiger partial charge in [-0.15, -0.1) is 0 Å². The minimum atomic E-state index is -1.04. The number of hydrogen-bond acceptors (Lipinski definition) is 2. The average Bonchev–Trinajstić information content (AvgIpc) is 2.67. The van der Waals surface area contributed by atoms with Crippen molar-refractivity contribution in [2.75, 3.05) is 0 Å². The number of rotatable bonds is 2. The van der Waals surface area contributed by atoms with E-state index in [1.807, 2.05) is 26.8 Å². The Hall–Kier alpha value is -0.940. The van der Waals surface area contributed by atoms with Gasteiger partial charge in [-0.1, -0.05) is 48.3 Å². The second-order valence-corrected chi connectivity index (χ2v) is 7.35. The molecule has 0 aromatic heterocycles. The molecule has 6 heteroatoms. The summed E-state index contributed by atoms with van der Waals surface area (Å²) in [5.74, 6) is 0.654. The molecule has 4 nitrogen and oxygen atoms in total. The van der Waals surface area contributed by atoms with Gasteiger partial charge in [0.1, 0.15) is 11.9 Å². The Morgan fingerprint density at radius 2 is 2.20 bits per heavy atom. The van der Waals surface area contributed by atoms with Crippen molar-refractivity contribution in [1.82, 2.24) is 5.32 Å². The maximum Gasteiger partial charge on any atom is 0.405 e. The highest BCUT2D eigenvalue weighted by Gasteiger charge is 2.39. The van der Waals surface area contributed by atoms with Crippen LogP contribution in [0.5, 0.6) is 5.75 Å². The molecule has 1 aromatic rings. The summed E-state index contributed by atoms with van der Waals surface area (Å²) in [5, 5.41) is 12.1. The predicted octanol–water partition coefficient (Wildman–Crippen LogP) is 4.09. The second kappa shape index (κ2) is 5.45. The van der Waals surface area contributed by atoms with Gasteiger partial charge in [-0.25, -0.2) is 4.79 Å². The van der Waals surface area contributed by atoms with E-state index in [2.05, 4.69) is 21.2 Å². The van der Waals surface area contributed by atoms with E-state index in [0.29, 0.717) is 17.2 Å². The molecule has 0 saturated heterocycles. The topological polar surface area (TPSA) is 58.6 Å². The van der Waals surface area contributed by atoms with Gasteiger partial charge in [-0.2, -0.15) is 0 Å². The lowest BCUT2D eigenvalue weighted by atomic mass is 9.82. The fourth-order valence-electron chi connectivity index (χ4n) is 2.49. The van der Waals surface area contributed by atoms with Gasteiger partial charge in [0, 0.05) is 16.5 Å². The van der Waals surface area contributed by atoms with Gasteiger partial charge in [-0.05, 0) is 17.5 Å². The summed E-state index contributed by atoms with van der Waals surface area (Å²) in [7, 11) is 0. The van der Waals surface area contributed by atoms with Crippen molar-refractivity contribution in [2.45, 2.75) is 39.3 Å². The van der Waals surface area contributed by atoms with Gasteiger partial charge in [0.05, 0.1) is 11.1 Å². The van der Waals surface area contributed by atoms with Crippen LogP contribution in [-0.2, 0) is 6.42 Å². The van der Waals surface area contributed by atoms with Crippen molar-refractivity contribution in [1.29, 1.82) is 0 Å². The number of nitrogens with one attached hydrogen (secondary N) is 1. The molecule has 0 saturated carbocycles. The smallest absolute Gasteiger partial charge is 0.405 e. The SMILES string of the molecule is CC(C)(C)C(NC(=O)O)C1Cc2cc(Br)cc(Cl)c2O1. The summed E-state index contributed by atoms with van der Waals surface area (Å²) in [6, 6.07) is 3.42. The predicted molar refractivity (Wildman–Crippen MR) is 81.7 cm³/mol. The lowest BCUT2D eigenvalue weighted by molar-refractivity contribution is 0.101. The third-order valence-electron chi connectivity index (χ3n) is 3.36. The van der Waals surface area contributed by atoms with Crippen LogP contribution >= 0.6 is 27.5 Å². The van der Waals surface area contributed by atoms with E-state index in [9.17, 15) is 4.79 Å². The third kappa shape index (κ3) is 3.20. The lowest BCUT2D eigenvalue weighted by Crippen LogP contribution is -2.52. The molecule has 1 aliphatic heterocycles. The fraction of sp³-hybridized carbons (Fsp3) is 0.500. The molecule has 0 aliphatic carbocycles. The molecule has 1 aromatic carbocycles. The van der Waals surface area contributed by atoms with Gasteiger partial charge in [0.25, 0.3) is 0 Å². The van der Waals surface area contributed by atoms with E-state index in [0.717, 1.165) is 10.0 Å². The first-order valence-corrected chi connectivity index (χ1v) is 7.49. The van der Waals surface area contributed by atoms with Crippen molar-refractivity contribution in [3.05, 3.63) is 27.2 Å². The van der Waals surface area contributed by atoms with E-state index in [4.69, 9.17) is 21.4 Å². The molecule has 1 heterocycles. The first kappa shape index (κ1) is 15.4. The fourth-order valence-corrected chi connectivity index (χ4v) is 3.41. The molecule has 0 fully saturated rings. The van der Waals surface area contributed by atoms with Crippen LogP contribution in [0.15, 0.2) is 16.6 Å². The van der Waals surface area contributed by atoms with Gasteiger partial charge < -0.3 is 15.2 Å². The van der Waals surface area contributed by atoms with Crippen molar-refractivity contribution in [3.63, 3.8) is 0 Å². The number of fused-ring (bicyclic) bond motifs is 1. The van der Waals surface area contributed by atoms with E-state index in [1.165, 1.54) is 0 Å². The minimum absolute atomic E-state index is 0.255. The van der Waals surface area contributed by atoms with Gasteiger partial charge >= 0.3 is 6.09 Å². The second-order valence-electron chi connectivity index (χ2n) is 6.03. The van der Waals surface area contributed by atoms with Crippen molar-refractivity contribution in [3.8, 4) is 5.75 Å². The largest absolute Gasteiger partial charge is 0.486 e. The first-order valence-electron chi connectivity index (χ1n) is 6.32. The summed E-state index contributed by atoms with van der Waals surface area (Å²) in [5.41, 5.74) is 0.741. The van der Waals surface area contributed by atoms with Gasteiger partial charge in [0.15, 0.2) is 0 Å². The molecule has 2 N–H and O–H groups in total. The average molecular weight is 363 g/mol. The highest BCUT2D eigenvalue weighted by Crippen LogP contribution is 2.41. The number of benzene rings is 1. The zero-order chi connectivity index (χ0) is 15.1. The molecule has 20 heavy (non-hydrogen) atoms. The molecule has 0 spiro atoms. The lowest BCUT2D eigenvalue weighted by Gasteiger charge is -2.34. The molecule has 1 aliphatic rings. The molecule has 2 atom stereocenters. The van der Waals surface area contributed by atoms with E-state index in [1.54, 1.807) is 6.07 Å². The monoisotopic (exact) mass is 361 g/mol. The molecule has 0 bridgehead atoms. The quantitative estimate of drug-likeness (QED) is 0.833. The van der Waals surface area contributed by atoms with Crippen LogP contribution in [0.2, 0.25) is 5.02 Å². The molecule has 2 rings (SSSR count). The minimum Gasteiger partial charge on any atom is -0.486 e. The molecular weight excluding hydrogens is 346 g/mol. The zero-order valence-corrected chi connectivity index (χ0v) is 13.9. The van der Waals surface area contributed by atoms with Gasteiger partial charge in [0.2, 0.25) is 0 Å². The van der Waals surface area contributed by atoms with Crippen LogP contribution in [0, 0.1) is 5.41 Å². The van der Waals surface area contributed by atoms with E-state index in [-0.39, 0.29) is 17.6 Å². The maximum atomic E-state index is 11.0. The summed E-state index contributed by atoms with van der Waals surface area (Å²) in [4.78, 5) is 11.0. The highest BCUT2D eigenvalue weighted by atomic mass is 79.9. The number of ether oxygens (including phenoxy) is 1. The Bertz CT molecular complexity index is 542. The van der Waals surface area contributed by atoms with Crippen LogP contribution in [0.3, 0.4) is 0 Å².